The molecule has 0 aliphatic carbocycles. The summed E-state index contributed by atoms with van der Waals surface area (Å²) in [6.07, 6.45) is 0.491. The summed E-state index contributed by atoms with van der Waals surface area (Å²) in [7, 11) is 0. The van der Waals surface area contributed by atoms with Gasteiger partial charge in [0.25, 0.3) is 0 Å². The second-order valence-electron chi connectivity index (χ2n) is 5.58. The monoisotopic (exact) mass is 317 g/mol. The second kappa shape index (κ2) is 7.78. The molecule has 2 rings (SSSR count). The molecule has 0 saturated carbocycles. The Balaban J connectivity index is 1.88. The van der Waals surface area contributed by atoms with E-state index in [2.05, 4.69) is 15.8 Å². The average Bonchev–Trinajstić information content (AvgIpc) is 2.88. The summed E-state index contributed by atoms with van der Waals surface area (Å²) in [4.78, 5) is 12.1. The molecule has 2 amide bonds. The van der Waals surface area contributed by atoms with Crippen LogP contribution in [0.2, 0.25) is 0 Å². The smallest absolute Gasteiger partial charge is 0.319 e. The van der Waals surface area contributed by atoms with Crippen molar-refractivity contribution in [2.24, 2.45) is 0 Å². The number of aliphatic hydroxyl groups is 1. The maximum Gasteiger partial charge on any atom is 0.319 e. The number of aliphatic hydroxyl groups excluding tert-OH is 1. The van der Waals surface area contributed by atoms with Gasteiger partial charge in [0.05, 0.1) is 6.10 Å². The Morgan fingerprint density at radius 1 is 1.35 bits per heavy atom. The van der Waals surface area contributed by atoms with Crippen LogP contribution in [0.15, 0.2) is 34.9 Å². The highest BCUT2D eigenvalue weighted by Gasteiger charge is 2.17. The highest BCUT2D eigenvalue weighted by atomic mass is 16.5. The van der Waals surface area contributed by atoms with Gasteiger partial charge in [-0.2, -0.15) is 0 Å². The molecule has 2 aromatic rings. The van der Waals surface area contributed by atoms with Crippen molar-refractivity contribution in [3.63, 3.8) is 0 Å². The summed E-state index contributed by atoms with van der Waals surface area (Å²) in [6.45, 7) is 5.55. The number of rotatable bonds is 6. The highest BCUT2D eigenvalue weighted by Crippen LogP contribution is 2.21. The van der Waals surface area contributed by atoms with E-state index in [4.69, 9.17) is 4.52 Å². The number of urea groups is 1. The molecule has 1 aromatic carbocycles. The molecule has 3 N–H and O–H groups in total. The van der Waals surface area contributed by atoms with Crippen LogP contribution in [0.4, 0.5) is 10.5 Å². The van der Waals surface area contributed by atoms with Crippen LogP contribution in [-0.2, 0) is 6.42 Å². The number of amides is 2. The lowest BCUT2D eigenvalue weighted by atomic mass is 10.0. The van der Waals surface area contributed by atoms with Crippen LogP contribution in [0.1, 0.15) is 43.4 Å². The molecule has 0 aliphatic rings. The summed E-state index contributed by atoms with van der Waals surface area (Å²) >= 11 is 0. The lowest BCUT2D eigenvalue weighted by Crippen LogP contribution is -2.37. The molecule has 124 valence electrons. The third kappa shape index (κ3) is 4.56. The fourth-order valence-corrected chi connectivity index (χ4v) is 2.40. The predicted molar refractivity (Wildman–Crippen MR) is 88.3 cm³/mol. The normalized spacial score (nSPS) is 13.4. The summed E-state index contributed by atoms with van der Waals surface area (Å²) in [5, 5.41) is 19.7. The van der Waals surface area contributed by atoms with Gasteiger partial charge in [-0.25, -0.2) is 4.79 Å². The summed E-state index contributed by atoms with van der Waals surface area (Å²) in [5.41, 5.74) is 2.17. The van der Waals surface area contributed by atoms with Crippen molar-refractivity contribution in [1.29, 1.82) is 0 Å². The molecule has 1 heterocycles. The van der Waals surface area contributed by atoms with E-state index in [0.717, 1.165) is 11.3 Å². The van der Waals surface area contributed by atoms with Crippen LogP contribution in [0, 0.1) is 6.92 Å². The van der Waals surface area contributed by atoms with Crippen LogP contribution in [0.5, 0.6) is 0 Å². The van der Waals surface area contributed by atoms with Gasteiger partial charge in [0.15, 0.2) is 5.76 Å². The molecule has 23 heavy (non-hydrogen) atoms. The van der Waals surface area contributed by atoms with Crippen LogP contribution in [-0.4, -0.2) is 22.3 Å². The van der Waals surface area contributed by atoms with E-state index in [0.29, 0.717) is 24.3 Å². The number of aryl methyl sites for hydroxylation is 2. The Kier molecular flexibility index (Phi) is 5.76. The fourth-order valence-electron chi connectivity index (χ4n) is 2.40. The van der Waals surface area contributed by atoms with Crippen LogP contribution < -0.4 is 10.6 Å². The number of carbonyl (C=O) groups is 1. The highest BCUT2D eigenvalue weighted by molar-refractivity contribution is 5.90. The minimum Gasteiger partial charge on any atom is -0.388 e. The Morgan fingerprint density at radius 2 is 2.04 bits per heavy atom. The third-order valence-corrected chi connectivity index (χ3v) is 3.65. The number of carbonyl (C=O) groups excluding carboxylic acids is 1. The van der Waals surface area contributed by atoms with E-state index < -0.39 is 6.10 Å². The third-order valence-electron chi connectivity index (χ3n) is 3.65. The van der Waals surface area contributed by atoms with Gasteiger partial charge in [0, 0.05) is 6.04 Å². The molecule has 0 radical (unpaired) electrons. The fraction of sp³-hybridized carbons (Fsp3) is 0.412. The molecule has 1 aromatic heterocycles. The zero-order valence-electron chi connectivity index (χ0n) is 13.7. The van der Waals surface area contributed by atoms with E-state index in [1.807, 2.05) is 44.2 Å². The van der Waals surface area contributed by atoms with Crippen molar-refractivity contribution in [3.8, 4) is 0 Å². The van der Waals surface area contributed by atoms with Crippen molar-refractivity contribution < 1.29 is 14.4 Å². The van der Waals surface area contributed by atoms with Crippen molar-refractivity contribution in [1.82, 2.24) is 10.5 Å². The molecular weight excluding hydrogens is 294 g/mol. The SMILES string of the molecule is CCc1noc(C)c1NC(=O)NC(C)CC(O)c1ccccc1. The molecule has 0 fully saturated rings. The zero-order valence-corrected chi connectivity index (χ0v) is 13.7. The average molecular weight is 317 g/mol. The largest absolute Gasteiger partial charge is 0.388 e. The van der Waals surface area contributed by atoms with E-state index >= 15 is 0 Å². The van der Waals surface area contributed by atoms with E-state index in [-0.39, 0.29) is 12.1 Å². The quantitative estimate of drug-likeness (QED) is 0.763. The predicted octanol–water partition coefficient (Wildman–Crippen LogP) is 3.18. The zero-order chi connectivity index (χ0) is 16.8. The first-order chi connectivity index (χ1) is 11.0. The number of nitrogens with zero attached hydrogens (tertiary/aromatic N) is 1. The van der Waals surface area contributed by atoms with Crippen molar-refractivity contribution in [2.75, 3.05) is 5.32 Å². The minimum atomic E-state index is -0.616. The second-order valence-corrected chi connectivity index (χ2v) is 5.58. The van der Waals surface area contributed by atoms with E-state index in [9.17, 15) is 9.90 Å². The van der Waals surface area contributed by atoms with Gasteiger partial charge in [-0.05, 0) is 32.3 Å². The van der Waals surface area contributed by atoms with Gasteiger partial charge in [0.2, 0.25) is 0 Å². The van der Waals surface area contributed by atoms with Crippen molar-refractivity contribution >= 4 is 11.7 Å². The van der Waals surface area contributed by atoms with Gasteiger partial charge < -0.3 is 20.3 Å². The summed E-state index contributed by atoms with van der Waals surface area (Å²) in [5.74, 6) is 0.578. The molecule has 2 atom stereocenters. The molecule has 0 aliphatic heterocycles. The van der Waals surface area contributed by atoms with Gasteiger partial charge in [-0.3, -0.25) is 0 Å². The first kappa shape index (κ1) is 17.0. The van der Waals surface area contributed by atoms with Crippen molar-refractivity contribution in [2.45, 2.75) is 45.8 Å². The number of hydrogen-bond acceptors (Lipinski definition) is 4. The number of anilines is 1. The van der Waals surface area contributed by atoms with Gasteiger partial charge in [0.1, 0.15) is 11.4 Å². The van der Waals surface area contributed by atoms with Gasteiger partial charge in [-0.1, -0.05) is 42.4 Å². The maximum atomic E-state index is 12.1. The van der Waals surface area contributed by atoms with Crippen LogP contribution in [0.3, 0.4) is 0 Å². The Labute approximate surface area is 135 Å². The number of hydrogen-bond donors (Lipinski definition) is 3. The Morgan fingerprint density at radius 3 is 2.70 bits per heavy atom. The van der Waals surface area contributed by atoms with E-state index in [1.54, 1.807) is 6.92 Å². The Bertz CT molecular complexity index is 640. The lowest BCUT2D eigenvalue weighted by molar-refractivity contribution is 0.155. The van der Waals surface area contributed by atoms with Crippen molar-refractivity contribution in [3.05, 3.63) is 47.3 Å². The summed E-state index contributed by atoms with van der Waals surface area (Å²) < 4.78 is 5.08. The number of nitrogens with one attached hydrogen (secondary N) is 2. The molecular formula is C17H23N3O3. The number of aromatic nitrogens is 1. The topological polar surface area (TPSA) is 87.4 Å². The van der Waals surface area contributed by atoms with E-state index in [1.165, 1.54) is 0 Å². The summed E-state index contributed by atoms with van der Waals surface area (Å²) in [6, 6.07) is 8.87. The Hall–Kier alpha value is -2.34. The molecule has 0 bridgehead atoms. The molecule has 6 nitrogen and oxygen atoms in total. The molecule has 0 saturated heterocycles. The standard InChI is InChI=1S/C17H23N3O3/c1-4-14-16(12(3)23-20-14)19-17(22)18-11(2)10-15(21)13-8-6-5-7-9-13/h5-9,11,15,21H,4,10H2,1-3H3,(H2,18,19,22). The maximum absolute atomic E-state index is 12.1. The van der Waals surface area contributed by atoms with Crippen LogP contribution in [0.25, 0.3) is 0 Å². The molecule has 0 spiro atoms. The first-order valence-electron chi connectivity index (χ1n) is 7.77. The van der Waals surface area contributed by atoms with Crippen LogP contribution >= 0.6 is 0 Å². The van der Waals surface area contributed by atoms with Gasteiger partial charge >= 0.3 is 6.03 Å². The minimum absolute atomic E-state index is 0.185. The molecule has 2 unspecified atom stereocenters. The first-order valence-corrected chi connectivity index (χ1v) is 7.77. The lowest BCUT2D eigenvalue weighted by Gasteiger charge is -2.18. The molecule has 6 heteroatoms. The number of benzene rings is 1. The van der Waals surface area contributed by atoms with Gasteiger partial charge in [-0.15, -0.1) is 0 Å².